The first-order chi connectivity index (χ1) is 8.45. The minimum absolute atomic E-state index is 0.372. The number of piperidine rings is 1. The molecule has 0 aromatic carbocycles. The Balaban J connectivity index is 2.00. The molecule has 1 aliphatic heterocycles. The van der Waals surface area contributed by atoms with E-state index in [0.717, 1.165) is 24.8 Å². The van der Waals surface area contributed by atoms with Crippen molar-refractivity contribution in [3.05, 3.63) is 29.0 Å². The summed E-state index contributed by atoms with van der Waals surface area (Å²) in [6.07, 6.45) is 5.89. The summed E-state index contributed by atoms with van der Waals surface area (Å²) in [6.45, 7) is 1.26. The maximum absolute atomic E-state index is 11.5. The Hall–Kier alpha value is -0.650. The van der Waals surface area contributed by atoms with E-state index >= 15 is 0 Å². The van der Waals surface area contributed by atoms with Crippen LogP contribution in [0.4, 0.5) is 0 Å². The fraction of sp³-hybridized carbons (Fsp3) is 0.583. The van der Waals surface area contributed by atoms with Gasteiger partial charge in [0.05, 0.1) is 6.26 Å². The lowest BCUT2D eigenvalue weighted by molar-refractivity contribution is 0.266. The second-order valence-corrected chi connectivity index (χ2v) is 7.19. The molecule has 100 valence electrons. The van der Waals surface area contributed by atoms with E-state index < -0.39 is 10.0 Å². The molecular weight excluding hydrogens is 272 g/mol. The Morgan fingerprint density at radius 2 is 2.28 bits per heavy atom. The first-order valence-electron chi connectivity index (χ1n) is 6.01. The molecule has 1 aromatic heterocycles. The van der Waals surface area contributed by atoms with Gasteiger partial charge in [0.1, 0.15) is 5.15 Å². The first-order valence-corrected chi connectivity index (χ1v) is 8.23. The van der Waals surface area contributed by atoms with Crippen molar-refractivity contribution in [2.45, 2.75) is 19.3 Å². The van der Waals surface area contributed by atoms with Gasteiger partial charge in [-0.3, -0.25) is 0 Å². The Morgan fingerprint density at radius 1 is 1.50 bits per heavy atom. The minimum atomic E-state index is -3.06. The molecule has 1 aliphatic rings. The fourth-order valence-corrected chi connectivity index (χ4v) is 3.41. The molecule has 0 N–H and O–H groups in total. The zero-order chi connectivity index (χ0) is 13.2. The summed E-state index contributed by atoms with van der Waals surface area (Å²) in [5.41, 5.74) is 1.11. The van der Waals surface area contributed by atoms with Gasteiger partial charge in [-0.25, -0.2) is 17.7 Å². The van der Waals surface area contributed by atoms with Crippen LogP contribution in [0.5, 0.6) is 0 Å². The van der Waals surface area contributed by atoms with Gasteiger partial charge >= 0.3 is 0 Å². The molecule has 1 saturated heterocycles. The number of halogens is 1. The second-order valence-electron chi connectivity index (χ2n) is 4.82. The highest BCUT2D eigenvalue weighted by molar-refractivity contribution is 7.88. The third-order valence-electron chi connectivity index (χ3n) is 3.26. The van der Waals surface area contributed by atoms with E-state index in [1.807, 2.05) is 6.07 Å². The summed E-state index contributed by atoms with van der Waals surface area (Å²) < 4.78 is 24.6. The molecule has 2 heterocycles. The molecule has 1 aromatic rings. The summed E-state index contributed by atoms with van der Waals surface area (Å²) in [7, 11) is -3.06. The average Bonchev–Trinajstić information content (AvgIpc) is 2.31. The van der Waals surface area contributed by atoms with Crippen molar-refractivity contribution in [1.29, 1.82) is 0 Å². The van der Waals surface area contributed by atoms with Crippen LogP contribution in [0.2, 0.25) is 5.15 Å². The Morgan fingerprint density at radius 3 is 2.89 bits per heavy atom. The minimum Gasteiger partial charge on any atom is -0.244 e. The maximum atomic E-state index is 11.5. The van der Waals surface area contributed by atoms with Crippen LogP contribution in [-0.4, -0.2) is 37.1 Å². The smallest absolute Gasteiger partial charge is 0.211 e. The molecule has 18 heavy (non-hydrogen) atoms. The van der Waals surface area contributed by atoms with E-state index in [0.29, 0.717) is 24.2 Å². The van der Waals surface area contributed by atoms with E-state index in [1.54, 1.807) is 16.6 Å². The lowest BCUT2D eigenvalue weighted by atomic mass is 9.93. The van der Waals surface area contributed by atoms with E-state index in [-0.39, 0.29) is 0 Å². The van der Waals surface area contributed by atoms with Crippen LogP contribution in [-0.2, 0) is 16.4 Å². The van der Waals surface area contributed by atoms with Gasteiger partial charge < -0.3 is 0 Å². The molecule has 0 radical (unpaired) electrons. The highest BCUT2D eigenvalue weighted by Gasteiger charge is 2.25. The topological polar surface area (TPSA) is 50.3 Å². The number of sulfonamides is 1. The standard InChI is InChI=1S/C12H17ClN2O2S/c1-18(16,17)15-6-2-3-11(9-15)7-10-4-5-12(13)14-8-10/h4-5,8,11H,2-3,6-7,9H2,1H3/t11-/m0/s1. The van der Waals surface area contributed by atoms with Gasteiger partial charge in [0.15, 0.2) is 0 Å². The zero-order valence-corrected chi connectivity index (χ0v) is 11.9. The number of rotatable bonds is 3. The summed E-state index contributed by atoms with van der Waals surface area (Å²) in [4.78, 5) is 4.05. The number of hydrogen-bond acceptors (Lipinski definition) is 3. The average molecular weight is 289 g/mol. The molecule has 0 spiro atoms. The van der Waals surface area contributed by atoms with Crippen LogP contribution < -0.4 is 0 Å². The van der Waals surface area contributed by atoms with Crippen molar-refractivity contribution in [1.82, 2.24) is 9.29 Å². The van der Waals surface area contributed by atoms with Crippen molar-refractivity contribution in [3.63, 3.8) is 0 Å². The highest BCUT2D eigenvalue weighted by atomic mass is 35.5. The molecule has 0 unspecified atom stereocenters. The molecule has 4 nitrogen and oxygen atoms in total. The molecule has 2 rings (SSSR count). The van der Waals surface area contributed by atoms with Gasteiger partial charge in [-0.15, -0.1) is 0 Å². The van der Waals surface area contributed by atoms with E-state index in [9.17, 15) is 8.42 Å². The molecule has 1 fully saturated rings. The Bertz CT molecular complexity index is 501. The van der Waals surface area contributed by atoms with Crippen LogP contribution >= 0.6 is 11.6 Å². The van der Waals surface area contributed by atoms with Gasteiger partial charge in [0.25, 0.3) is 0 Å². The molecule has 0 amide bonds. The predicted octanol–water partition coefficient (Wildman–Crippen LogP) is 1.95. The third-order valence-corrected chi connectivity index (χ3v) is 4.76. The fourth-order valence-electron chi connectivity index (χ4n) is 2.36. The van der Waals surface area contributed by atoms with Gasteiger partial charge in [-0.2, -0.15) is 0 Å². The number of hydrogen-bond donors (Lipinski definition) is 0. The molecule has 6 heteroatoms. The number of nitrogens with zero attached hydrogens (tertiary/aromatic N) is 2. The maximum Gasteiger partial charge on any atom is 0.211 e. The first kappa shape index (κ1) is 13.8. The van der Waals surface area contributed by atoms with Gasteiger partial charge in [0, 0.05) is 19.3 Å². The quantitative estimate of drug-likeness (QED) is 0.799. The summed E-state index contributed by atoms with van der Waals surface area (Å²) in [5.74, 6) is 0.372. The summed E-state index contributed by atoms with van der Waals surface area (Å²) in [5, 5.41) is 0.486. The number of aromatic nitrogens is 1. The molecule has 0 bridgehead atoms. The third kappa shape index (κ3) is 3.67. The van der Waals surface area contributed by atoms with Crippen LogP contribution in [0.3, 0.4) is 0 Å². The largest absolute Gasteiger partial charge is 0.244 e. The summed E-state index contributed by atoms with van der Waals surface area (Å²) in [6, 6.07) is 3.72. The predicted molar refractivity (Wildman–Crippen MR) is 72.1 cm³/mol. The van der Waals surface area contributed by atoms with Crippen LogP contribution in [0.25, 0.3) is 0 Å². The van der Waals surface area contributed by atoms with E-state index in [1.165, 1.54) is 6.26 Å². The Labute approximate surface area is 113 Å². The van der Waals surface area contributed by atoms with Crippen molar-refractivity contribution >= 4 is 21.6 Å². The lowest BCUT2D eigenvalue weighted by Gasteiger charge is -2.30. The van der Waals surface area contributed by atoms with Crippen molar-refractivity contribution in [2.24, 2.45) is 5.92 Å². The Kier molecular flexibility index (Phi) is 4.25. The monoisotopic (exact) mass is 288 g/mol. The SMILES string of the molecule is CS(=O)(=O)N1CCC[C@@H](Cc2ccc(Cl)nc2)C1. The normalized spacial score (nSPS) is 22.0. The lowest BCUT2D eigenvalue weighted by Crippen LogP contribution is -2.39. The van der Waals surface area contributed by atoms with Crippen LogP contribution in [0.1, 0.15) is 18.4 Å². The van der Waals surface area contributed by atoms with Crippen molar-refractivity contribution in [2.75, 3.05) is 19.3 Å². The van der Waals surface area contributed by atoms with Crippen molar-refractivity contribution in [3.8, 4) is 0 Å². The van der Waals surface area contributed by atoms with Gasteiger partial charge in [-0.1, -0.05) is 17.7 Å². The second kappa shape index (κ2) is 5.55. The van der Waals surface area contributed by atoms with E-state index in [2.05, 4.69) is 4.98 Å². The number of pyridine rings is 1. The molecule has 1 atom stereocenters. The van der Waals surface area contributed by atoms with Gasteiger partial charge in [-0.05, 0) is 36.8 Å². The van der Waals surface area contributed by atoms with Gasteiger partial charge in [0.2, 0.25) is 10.0 Å². The molecular formula is C12H17ClN2O2S. The highest BCUT2D eigenvalue weighted by Crippen LogP contribution is 2.22. The van der Waals surface area contributed by atoms with Crippen LogP contribution in [0, 0.1) is 5.92 Å². The van der Waals surface area contributed by atoms with Crippen LogP contribution in [0.15, 0.2) is 18.3 Å². The van der Waals surface area contributed by atoms with Crippen molar-refractivity contribution < 1.29 is 8.42 Å². The molecule has 0 aliphatic carbocycles. The van der Waals surface area contributed by atoms with E-state index in [4.69, 9.17) is 11.6 Å². The summed E-state index contributed by atoms with van der Waals surface area (Å²) >= 11 is 5.74. The molecule has 0 saturated carbocycles. The zero-order valence-electron chi connectivity index (χ0n) is 10.3.